The van der Waals surface area contributed by atoms with Gasteiger partial charge in [0, 0.05) is 25.2 Å². The van der Waals surface area contributed by atoms with E-state index in [2.05, 4.69) is 11.5 Å². The molecule has 0 radical (unpaired) electrons. The van der Waals surface area contributed by atoms with Crippen molar-refractivity contribution in [2.24, 2.45) is 0 Å². The van der Waals surface area contributed by atoms with Gasteiger partial charge in [0.05, 0.1) is 26.9 Å². The van der Waals surface area contributed by atoms with Crippen LogP contribution in [0.5, 0.6) is 11.5 Å². The van der Waals surface area contributed by atoms with Crippen molar-refractivity contribution in [3.05, 3.63) is 36.4 Å². The summed E-state index contributed by atoms with van der Waals surface area (Å²) in [4.78, 5) is 20.6. The Labute approximate surface area is 158 Å². The molecule has 0 bridgehead atoms. The van der Waals surface area contributed by atoms with E-state index in [1.807, 2.05) is 24.3 Å². The van der Waals surface area contributed by atoms with Crippen LogP contribution < -0.4 is 9.47 Å². The summed E-state index contributed by atoms with van der Waals surface area (Å²) in [6.45, 7) is 9.36. The SMILES string of the molecule is C=CCc1cc(OC)ccc1OCCCN1CCOCC1.O=C(O)C(=O)O. The molecule has 0 atom stereocenters. The number of morpholine rings is 1. The quantitative estimate of drug-likeness (QED) is 0.398. The van der Waals surface area contributed by atoms with Crippen LogP contribution in [0.4, 0.5) is 0 Å². The maximum absolute atomic E-state index is 9.10. The Morgan fingerprint density at radius 2 is 1.93 bits per heavy atom. The molecule has 0 saturated carbocycles. The number of nitrogens with zero attached hydrogens (tertiary/aromatic N) is 1. The van der Waals surface area contributed by atoms with E-state index < -0.39 is 11.9 Å². The molecule has 8 heteroatoms. The first-order valence-corrected chi connectivity index (χ1v) is 8.64. The second-order valence-electron chi connectivity index (χ2n) is 5.73. The highest BCUT2D eigenvalue weighted by Crippen LogP contribution is 2.25. The number of hydrogen-bond acceptors (Lipinski definition) is 6. The predicted molar refractivity (Wildman–Crippen MR) is 99.5 cm³/mol. The minimum atomic E-state index is -1.82. The Morgan fingerprint density at radius 1 is 1.26 bits per heavy atom. The average molecular weight is 381 g/mol. The second-order valence-corrected chi connectivity index (χ2v) is 5.73. The lowest BCUT2D eigenvalue weighted by Crippen LogP contribution is -2.37. The molecular formula is C19H27NO7. The average Bonchev–Trinajstić information content (AvgIpc) is 2.67. The molecule has 2 N–H and O–H groups in total. The fourth-order valence-corrected chi connectivity index (χ4v) is 2.43. The molecule has 0 aromatic heterocycles. The molecule has 1 aromatic rings. The summed E-state index contributed by atoms with van der Waals surface area (Å²) in [5.74, 6) is -1.87. The first-order valence-electron chi connectivity index (χ1n) is 8.64. The minimum Gasteiger partial charge on any atom is -0.497 e. The van der Waals surface area contributed by atoms with E-state index in [0.29, 0.717) is 0 Å². The Morgan fingerprint density at radius 3 is 2.48 bits per heavy atom. The number of ether oxygens (including phenoxy) is 3. The van der Waals surface area contributed by atoms with Crippen molar-refractivity contribution >= 4 is 11.9 Å². The third kappa shape index (κ3) is 9.07. The summed E-state index contributed by atoms with van der Waals surface area (Å²) < 4.78 is 16.5. The van der Waals surface area contributed by atoms with Crippen molar-refractivity contribution in [3.63, 3.8) is 0 Å². The van der Waals surface area contributed by atoms with Gasteiger partial charge in [-0.2, -0.15) is 0 Å². The molecule has 0 aliphatic carbocycles. The molecule has 1 aliphatic rings. The van der Waals surface area contributed by atoms with E-state index >= 15 is 0 Å². The van der Waals surface area contributed by atoms with Crippen molar-refractivity contribution in [3.8, 4) is 11.5 Å². The molecule has 0 amide bonds. The lowest BCUT2D eigenvalue weighted by molar-refractivity contribution is -0.159. The Hall–Kier alpha value is -2.58. The van der Waals surface area contributed by atoms with Crippen LogP contribution in [0, 0.1) is 0 Å². The van der Waals surface area contributed by atoms with E-state index in [1.54, 1.807) is 7.11 Å². The third-order valence-electron chi connectivity index (χ3n) is 3.79. The second kappa shape index (κ2) is 12.7. The summed E-state index contributed by atoms with van der Waals surface area (Å²) >= 11 is 0. The van der Waals surface area contributed by atoms with Gasteiger partial charge in [-0.15, -0.1) is 6.58 Å². The molecular weight excluding hydrogens is 354 g/mol. The maximum Gasteiger partial charge on any atom is 0.414 e. The zero-order valence-electron chi connectivity index (χ0n) is 15.6. The molecule has 27 heavy (non-hydrogen) atoms. The molecule has 1 aliphatic heterocycles. The van der Waals surface area contributed by atoms with Crippen molar-refractivity contribution in [1.29, 1.82) is 0 Å². The van der Waals surface area contributed by atoms with Gasteiger partial charge in [-0.3, -0.25) is 4.90 Å². The smallest absolute Gasteiger partial charge is 0.414 e. The van der Waals surface area contributed by atoms with Crippen LogP contribution in [0.15, 0.2) is 30.9 Å². The standard InChI is InChI=1S/C17H25NO3.C2H2O4/c1-3-5-15-14-16(19-2)6-7-17(15)21-11-4-8-18-9-12-20-13-10-18;3-1(4)2(5)6/h3,6-7,14H,1,4-5,8-13H2,2H3;(H,3,4)(H,5,6). The van der Waals surface area contributed by atoms with Gasteiger partial charge >= 0.3 is 11.9 Å². The van der Waals surface area contributed by atoms with E-state index in [1.165, 1.54) is 0 Å². The first-order chi connectivity index (χ1) is 13.0. The highest BCUT2D eigenvalue weighted by atomic mass is 16.5. The van der Waals surface area contributed by atoms with Gasteiger partial charge in [0.25, 0.3) is 0 Å². The summed E-state index contributed by atoms with van der Waals surface area (Å²) in [6, 6.07) is 5.93. The number of carboxylic acid groups (broad SMARTS) is 2. The van der Waals surface area contributed by atoms with Gasteiger partial charge in [0.1, 0.15) is 11.5 Å². The fourth-order valence-electron chi connectivity index (χ4n) is 2.43. The molecule has 0 spiro atoms. The van der Waals surface area contributed by atoms with Gasteiger partial charge < -0.3 is 24.4 Å². The topological polar surface area (TPSA) is 106 Å². The number of aliphatic carboxylic acids is 2. The van der Waals surface area contributed by atoms with Crippen LogP contribution in [0.2, 0.25) is 0 Å². The largest absolute Gasteiger partial charge is 0.497 e. The molecule has 1 heterocycles. The van der Waals surface area contributed by atoms with E-state index in [0.717, 1.165) is 69.4 Å². The number of carboxylic acids is 2. The van der Waals surface area contributed by atoms with Crippen LogP contribution >= 0.6 is 0 Å². The summed E-state index contributed by atoms with van der Waals surface area (Å²) in [7, 11) is 1.68. The molecule has 8 nitrogen and oxygen atoms in total. The van der Waals surface area contributed by atoms with Crippen LogP contribution in [-0.2, 0) is 20.7 Å². The minimum absolute atomic E-state index is 0.730. The van der Waals surface area contributed by atoms with Crippen LogP contribution in [0.25, 0.3) is 0 Å². The molecule has 1 saturated heterocycles. The van der Waals surface area contributed by atoms with Gasteiger partial charge in [0.2, 0.25) is 0 Å². The van der Waals surface area contributed by atoms with Crippen LogP contribution in [0.1, 0.15) is 12.0 Å². The number of benzene rings is 1. The molecule has 150 valence electrons. The lowest BCUT2D eigenvalue weighted by atomic mass is 10.1. The monoisotopic (exact) mass is 381 g/mol. The van der Waals surface area contributed by atoms with Gasteiger partial charge in [-0.25, -0.2) is 9.59 Å². The van der Waals surface area contributed by atoms with Crippen LogP contribution in [0.3, 0.4) is 0 Å². The Balaban J connectivity index is 0.000000527. The lowest BCUT2D eigenvalue weighted by Gasteiger charge is -2.26. The van der Waals surface area contributed by atoms with Crippen LogP contribution in [-0.4, -0.2) is 73.6 Å². The predicted octanol–water partition coefficient (Wildman–Crippen LogP) is 1.68. The van der Waals surface area contributed by atoms with Gasteiger partial charge in [0.15, 0.2) is 0 Å². The van der Waals surface area contributed by atoms with E-state index in [9.17, 15) is 0 Å². The zero-order valence-corrected chi connectivity index (χ0v) is 15.6. The molecule has 1 fully saturated rings. The highest BCUT2D eigenvalue weighted by molar-refractivity contribution is 6.27. The number of methoxy groups -OCH3 is 1. The molecule has 0 unspecified atom stereocenters. The number of rotatable bonds is 8. The number of hydrogen-bond donors (Lipinski definition) is 2. The maximum atomic E-state index is 9.10. The van der Waals surface area contributed by atoms with E-state index in [-0.39, 0.29) is 0 Å². The number of allylic oxidation sites excluding steroid dienone is 1. The summed E-state index contributed by atoms with van der Waals surface area (Å²) in [5.41, 5.74) is 1.12. The van der Waals surface area contributed by atoms with Crippen molar-refractivity contribution in [2.45, 2.75) is 12.8 Å². The first kappa shape index (κ1) is 22.5. The highest BCUT2D eigenvalue weighted by Gasteiger charge is 2.10. The van der Waals surface area contributed by atoms with Crippen molar-refractivity contribution in [2.75, 3.05) is 46.6 Å². The third-order valence-corrected chi connectivity index (χ3v) is 3.79. The van der Waals surface area contributed by atoms with Gasteiger partial charge in [-0.1, -0.05) is 6.08 Å². The van der Waals surface area contributed by atoms with Crippen molar-refractivity contribution in [1.82, 2.24) is 4.90 Å². The van der Waals surface area contributed by atoms with Crippen molar-refractivity contribution < 1.29 is 34.0 Å². The Kier molecular flexibility index (Phi) is 10.6. The fraction of sp³-hybridized carbons (Fsp3) is 0.474. The molecule has 1 aromatic carbocycles. The summed E-state index contributed by atoms with van der Waals surface area (Å²) in [6.07, 6.45) is 3.70. The normalized spacial score (nSPS) is 13.8. The molecule has 2 rings (SSSR count). The number of carbonyl (C=O) groups is 2. The van der Waals surface area contributed by atoms with E-state index in [4.69, 9.17) is 34.0 Å². The summed E-state index contributed by atoms with van der Waals surface area (Å²) in [5, 5.41) is 14.8. The Bertz CT molecular complexity index is 600. The van der Waals surface area contributed by atoms with Gasteiger partial charge in [-0.05, 0) is 31.0 Å². The zero-order chi connectivity index (χ0) is 20.1.